The molecule has 2 N–H and O–H groups in total. The molecule has 98 valence electrons. The van der Waals surface area contributed by atoms with Gasteiger partial charge in [0, 0.05) is 18.8 Å². The average molecular weight is 246 g/mol. The van der Waals surface area contributed by atoms with E-state index < -0.39 is 5.60 Å². The number of fused-ring (bicyclic) bond motifs is 1. The van der Waals surface area contributed by atoms with E-state index in [1.54, 1.807) is 0 Å². The first-order chi connectivity index (χ1) is 8.71. The second-order valence-electron chi connectivity index (χ2n) is 5.60. The Morgan fingerprint density at radius 1 is 1.33 bits per heavy atom. The second kappa shape index (κ2) is 4.56. The molecule has 2 heterocycles. The van der Waals surface area contributed by atoms with Crippen LogP contribution in [0.1, 0.15) is 25.3 Å². The summed E-state index contributed by atoms with van der Waals surface area (Å²) in [4.78, 5) is 2.41. The van der Waals surface area contributed by atoms with Crippen LogP contribution in [0.5, 0.6) is 0 Å². The van der Waals surface area contributed by atoms with Crippen molar-refractivity contribution in [2.45, 2.75) is 37.8 Å². The molecule has 0 amide bonds. The normalized spacial score (nSPS) is 26.7. The van der Waals surface area contributed by atoms with Crippen LogP contribution in [0.3, 0.4) is 0 Å². The van der Waals surface area contributed by atoms with Crippen molar-refractivity contribution in [3.63, 3.8) is 0 Å². The molecule has 3 nitrogen and oxygen atoms in total. The highest BCUT2D eigenvalue weighted by atomic mass is 16.3. The number of hydrogen-bond acceptors (Lipinski definition) is 3. The lowest BCUT2D eigenvalue weighted by Crippen LogP contribution is -2.53. The zero-order valence-electron chi connectivity index (χ0n) is 11.0. The number of likely N-dealkylation sites (tertiary alicyclic amines) is 1. The summed E-state index contributed by atoms with van der Waals surface area (Å²) in [6, 6.07) is 8.59. The predicted molar refractivity (Wildman–Crippen MR) is 73.9 cm³/mol. The molecular formula is C15H22N2O. The Morgan fingerprint density at radius 3 is 2.72 bits per heavy atom. The van der Waals surface area contributed by atoms with E-state index in [4.69, 9.17) is 0 Å². The van der Waals surface area contributed by atoms with Crippen LogP contribution >= 0.6 is 0 Å². The van der Waals surface area contributed by atoms with Gasteiger partial charge < -0.3 is 15.3 Å². The SMILES string of the molecule is CCN1CCC(O)(C2Cc3ccccc3N2)CC1. The summed E-state index contributed by atoms with van der Waals surface area (Å²) in [5.74, 6) is 0. The number of hydrogen-bond donors (Lipinski definition) is 2. The lowest BCUT2D eigenvalue weighted by Gasteiger charge is -2.41. The van der Waals surface area contributed by atoms with Crippen molar-refractivity contribution in [3.8, 4) is 0 Å². The fourth-order valence-electron chi connectivity index (χ4n) is 3.23. The van der Waals surface area contributed by atoms with E-state index in [9.17, 15) is 5.11 Å². The Labute approximate surface area is 109 Å². The standard InChI is InChI=1S/C15H22N2O/c1-2-17-9-7-15(18,8-10-17)14-11-12-5-3-4-6-13(12)16-14/h3-6,14,16,18H,2,7-11H2,1H3. The minimum absolute atomic E-state index is 0.189. The maximum Gasteiger partial charge on any atom is 0.0875 e. The molecule has 1 unspecified atom stereocenters. The van der Waals surface area contributed by atoms with Crippen molar-refractivity contribution in [1.29, 1.82) is 0 Å². The van der Waals surface area contributed by atoms with Crippen LogP contribution in [0.4, 0.5) is 5.69 Å². The minimum Gasteiger partial charge on any atom is -0.388 e. The molecule has 1 atom stereocenters. The van der Waals surface area contributed by atoms with E-state index in [1.165, 1.54) is 11.3 Å². The monoisotopic (exact) mass is 246 g/mol. The van der Waals surface area contributed by atoms with Crippen molar-refractivity contribution in [2.24, 2.45) is 0 Å². The van der Waals surface area contributed by atoms with E-state index in [-0.39, 0.29) is 6.04 Å². The number of anilines is 1. The minimum atomic E-state index is -0.537. The van der Waals surface area contributed by atoms with Crippen LogP contribution in [-0.2, 0) is 6.42 Å². The lowest BCUT2D eigenvalue weighted by atomic mass is 9.83. The topological polar surface area (TPSA) is 35.5 Å². The van der Waals surface area contributed by atoms with Crippen LogP contribution in [0, 0.1) is 0 Å². The fourth-order valence-corrected chi connectivity index (χ4v) is 3.23. The zero-order chi connectivity index (χ0) is 12.6. The number of rotatable bonds is 2. The summed E-state index contributed by atoms with van der Waals surface area (Å²) in [5, 5.41) is 14.4. The third-order valence-electron chi connectivity index (χ3n) is 4.59. The fraction of sp³-hybridized carbons (Fsp3) is 0.600. The Kier molecular flexibility index (Phi) is 3.04. The van der Waals surface area contributed by atoms with Gasteiger partial charge in [-0.2, -0.15) is 0 Å². The summed E-state index contributed by atoms with van der Waals surface area (Å²) in [6.07, 6.45) is 2.72. The quantitative estimate of drug-likeness (QED) is 0.836. The van der Waals surface area contributed by atoms with Gasteiger partial charge in [-0.1, -0.05) is 25.1 Å². The van der Waals surface area contributed by atoms with Gasteiger partial charge in [0.2, 0.25) is 0 Å². The van der Waals surface area contributed by atoms with Crippen molar-refractivity contribution in [2.75, 3.05) is 25.0 Å². The molecule has 3 heteroatoms. The highest BCUT2D eigenvalue weighted by Crippen LogP contribution is 2.35. The maximum atomic E-state index is 10.9. The van der Waals surface area contributed by atoms with E-state index in [0.717, 1.165) is 38.9 Å². The first kappa shape index (κ1) is 12.0. The molecule has 2 aliphatic heterocycles. The van der Waals surface area contributed by atoms with Crippen LogP contribution in [-0.4, -0.2) is 41.3 Å². The summed E-state index contributed by atoms with van der Waals surface area (Å²) in [6.45, 7) is 5.31. The average Bonchev–Trinajstić information content (AvgIpc) is 2.84. The largest absolute Gasteiger partial charge is 0.388 e. The van der Waals surface area contributed by atoms with Gasteiger partial charge >= 0.3 is 0 Å². The summed E-state index contributed by atoms with van der Waals surface area (Å²) < 4.78 is 0. The van der Waals surface area contributed by atoms with Gasteiger partial charge in [0.25, 0.3) is 0 Å². The zero-order valence-corrected chi connectivity index (χ0v) is 11.0. The van der Waals surface area contributed by atoms with Gasteiger partial charge in [-0.15, -0.1) is 0 Å². The van der Waals surface area contributed by atoms with Gasteiger partial charge in [-0.05, 0) is 37.4 Å². The molecule has 18 heavy (non-hydrogen) atoms. The highest BCUT2D eigenvalue weighted by Gasteiger charge is 2.41. The molecule has 0 bridgehead atoms. The molecule has 0 spiro atoms. The molecule has 0 saturated carbocycles. The van der Waals surface area contributed by atoms with E-state index in [2.05, 4.69) is 41.4 Å². The van der Waals surface area contributed by atoms with Gasteiger partial charge in [0.1, 0.15) is 0 Å². The molecule has 1 aromatic carbocycles. The summed E-state index contributed by atoms with van der Waals surface area (Å²) >= 11 is 0. The molecule has 3 rings (SSSR count). The van der Waals surface area contributed by atoms with E-state index in [1.807, 2.05) is 0 Å². The second-order valence-corrected chi connectivity index (χ2v) is 5.60. The third-order valence-corrected chi connectivity index (χ3v) is 4.59. The molecule has 0 aromatic heterocycles. The number of nitrogens with one attached hydrogen (secondary N) is 1. The molecule has 1 aromatic rings. The molecule has 2 aliphatic rings. The number of aliphatic hydroxyl groups is 1. The van der Waals surface area contributed by atoms with Crippen LogP contribution in [0.25, 0.3) is 0 Å². The predicted octanol–water partition coefficient (Wildman–Crippen LogP) is 1.87. The Bertz CT molecular complexity index is 399. The lowest BCUT2D eigenvalue weighted by molar-refractivity contribution is -0.0331. The van der Waals surface area contributed by atoms with Crippen LogP contribution in [0.15, 0.2) is 24.3 Å². The number of nitrogens with zero attached hydrogens (tertiary/aromatic N) is 1. The smallest absolute Gasteiger partial charge is 0.0875 e. The van der Waals surface area contributed by atoms with Gasteiger partial charge in [-0.25, -0.2) is 0 Å². The van der Waals surface area contributed by atoms with Crippen molar-refractivity contribution >= 4 is 5.69 Å². The molecule has 0 radical (unpaired) electrons. The number of piperidine rings is 1. The van der Waals surface area contributed by atoms with Crippen LogP contribution in [0.2, 0.25) is 0 Å². The van der Waals surface area contributed by atoms with Crippen molar-refractivity contribution in [1.82, 2.24) is 4.90 Å². The molecular weight excluding hydrogens is 224 g/mol. The van der Waals surface area contributed by atoms with Crippen LogP contribution < -0.4 is 5.32 Å². The van der Waals surface area contributed by atoms with Crippen molar-refractivity contribution in [3.05, 3.63) is 29.8 Å². The highest BCUT2D eigenvalue weighted by molar-refractivity contribution is 5.57. The molecule has 1 fully saturated rings. The molecule has 0 aliphatic carbocycles. The Morgan fingerprint density at radius 2 is 2.06 bits per heavy atom. The van der Waals surface area contributed by atoms with Gasteiger partial charge in [-0.3, -0.25) is 0 Å². The number of para-hydroxylation sites is 1. The molecule has 1 saturated heterocycles. The number of benzene rings is 1. The summed E-state index contributed by atoms with van der Waals surface area (Å²) in [7, 11) is 0. The van der Waals surface area contributed by atoms with E-state index >= 15 is 0 Å². The Hall–Kier alpha value is -1.06. The third kappa shape index (κ3) is 2.02. The first-order valence-electron chi connectivity index (χ1n) is 7.00. The van der Waals surface area contributed by atoms with Gasteiger partial charge in [0.05, 0.1) is 11.6 Å². The van der Waals surface area contributed by atoms with Gasteiger partial charge in [0.15, 0.2) is 0 Å². The Balaban J connectivity index is 1.70. The van der Waals surface area contributed by atoms with E-state index in [0.29, 0.717) is 0 Å². The maximum absolute atomic E-state index is 10.9. The first-order valence-corrected chi connectivity index (χ1v) is 7.00. The van der Waals surface area contributed by atoms with Crippen molar-refractivity contribution < 1.29 is 5.11 Å². The summed E-state index contributed by atoms with van der Waals surface area (Å²) in [5.41, 5.74) is 2.01.